The van der Waals surface area contributed by atoms with Crippen LogP contribution in [0.2, 0.25) is 0 Å². The van der Waals surface area contributed by atoms with Gasteiger partial charge < -0.3 is 0 Å². The lowest BCUT2D eigenvalue weighted by Gasteiger charge is -2.19. The van der Waals surface area contributed by atoms with E-state index in [4.69, 9.17) is 4.98 Å². The van der Waals surface area contributed by atoms with Crippen LogP contribution < -0.4 is 4.90 Å². The Kier molecular flexibility index (Phi) is 6.08. The molecule has 2 heterocycles. The van der Waals surface area contributed by atoms with Crippen LogP contribution in [-0.4, -0.2) is 30.5 Å². The molecule has 164 valence electrons. The number of fused-ring (bicyclic) bond motifs is 1. The molecular weight excluding hydrogens is 442 g/mol. The van der Waals surface area contributed by atoms with E-state index in [2.05, 4.69) is 11.1 Å². The van der Waals surface area contributed by atoms with Gasteiger partial charge in [0.2, 0.25) is 5.91 Å². The highest BCUT2D eigenvalue weighted by Gasteiger charge is 2.22. The zero-order chi connectivity index (χ0) is 22.9. The molecule has 0 N–H and O–H groups in total. The van der Waals surface area contributed by atoms with Crippen molar-refractivity contribution in [1.29, 1.82) is 0 Å². The third-order valence-electron chi connectivity index (χ3n) is 5.22. The molecule has 4 aromatic rings. The number of nitrogens with zero attached hydrogens (tertiary/aromatic N) is 3. The third-order valence-corrected chi connectivity index (χ3v) is 7.56. The fourth-order valence-corrected chi connectivity index (χ4v) is 5.16. The molecular formula is C24H23N3O3S2. The number of aryl methyl sites for hydroxylation is 2. The number of benzene rings is 2. The van der Waals surface area contributed by atoms with Crippen molar-refractivity contribution in [2.75, 3.05) is 11.2 Å². The van der Waals surface area contributed by atoms with Gasteiger partial charge in [0.25, 0.3) is 0 Å². The van der Waals surface area contributed by atoms with Gasteiger partial charge in [-0.3, -0.25) is 14.7 Å². The van der Waals surface area contributed by atoms with Crippen molar-refractivity contribution in [3.05, 3.63) is 83.2 Å². The molecule has 0 aliphatic heterocycles. The fraction of sp³-hybridized carbons (Fsp3) is 0.208. The monoisotopic (exact) mass is 465 g/mol. The van der Waals surface area contributed by atoms with Crippen LogP contribution in [0.4, 0.5) is 5.13 Å². The maximum absolute atomic E-state index is 13.4. The van der Waals surface area contributed by atoms with Crippen LogP contribution in [0.1, 0.15) is 22.4 Å². The molecule has 6 nitrogen and oxygen atoms in total. The minimum absolute atomic E-state index is 0.128. The van der Waals surface area contributed by atoms with Gasteiger partial charge in [0.1, 0.15) is 0 Å². The Hall–Kier alpha value is -3.10. The normalized spacial score (nSPS) is 11.6. The number of anilines is 1. The summed E-state index contributed by atoms with van der Waals surface area (Å²) in [6.07, 6.45) is 3.00. The Morgan fingerprint density at radius 2 is 1.72 bits per heavy atom. The number of hydrogen-bond acceptors (Lipinski definition) is 6. The summed E-state index contributed by atoms with van der Waals surface area (Å²) in [6.45, 7) is 4.36. The van der Waals surface area contributed by atoms with Gasteiger partial charge in [-0.1, -0.05) is 41.7 Å². The van der Waals surface area contributed by atoms with Crippen LogP contribution in [0.5, 0.6) is 0 Å². The van der Waals surface area contributed by atoms with Crippen molar-refractivity contribution in [3.63, 3.8) is 0 Å². The largest absolute Gasteiger partial charge is 0.282 e. The van der Waals surface area contributed by atoms with E-state index in [0.29, 0.717) is 11.7 Å². The average Bonchev–Trinajstić information content (AvgIpc) is 3.21. The van der Waals surface area contributed by atoms with Gasteiger partial charge in [-0.25, -0.2) is 13.4 Å². The summed E-state index contributed by atoms with van der Waals surface area (Å²) in [5, 5.41) is 0.626. The Labute approximate surface area is 191 Å². The van der Waals surface area contributed by atoms with E-state index < -0.39 is 9.84 Å². The lowest BCUT2D eigenvalue weighted by atomic mass is 10.1. The number of carbonyl (C=O) groups is 1. The molecule has 2 aromatic carbocycles. The number of rotatable bonds is 6. The Bertz CT molecular complexity index is 1340. The first-order valence-electron chi connectivity index (χ1n) is 10.1. The van der Waals surface area contributed by atoms with Crippen LogP contribution in [0.25, 0.3) is 10.2 Å². The molecule has 0 radical (unpaired) electrons. The lowest BCUT2D eigenvalue weighted by molar-refractivity contribution is -0.118. The molecule has 0 unspecified atom stereocenters. The van der Waals surface area contributed by atoms with Gasteiger partial charge in [0.05, 0.1) is 33.8 Å². The zero-order valence-electron chi connectivity index (χ0n) is 18.1. The minimum atomic E-state index is -3.28. The van der Waals surface area contributed by atoms with Gasteiger partial charge in [0, 0.05) is 12.5 Å². The van der Waals surface area contributed by atoms with Gasteiger partial charge >= 0.3 is 0 Å². The first-order valence-corrected chi connectivity index (χ1v) is 12.8. The van der Waals surface area contributed by atoms with E-state index in [0.717, 1.165) is 32.6 Å². The Balaban J connectivity index is 1.69. The first-order chi connectivity index (χ1) is 15.2. The van der Waals surface area contributed by atoms with Crippen LogP contribution in [0, 0.1) is 13.8 Å². The van der Waals surface area contributed by atoms with Gasteiger partial charge in [-0.2, -0.15) is 0 Å². The molecule has 0 bridgehead atoms. The second-order valence-electron chi connectivity index (χ2n) is 7.77. The van der Waals surface area contributed by atoms with Crippen molar-refractivity contribution >= 4 is 42.4 Å². The maximum Gasteiger partial charge on any atom is 0.233 e. The number of sulfone groups is 1. The average molecular weight is 466 g/mol. The first kappa shape index (κ1) is 22.1. The smallest absolute Gasteiger partial charge is 0.233 e. The number of hydrogen-bond donors (Lipinski definition) is 0. The van der Waals surface area contributed by atoms with Crippen LogP contribution in [0.3, 0.4) is 0 Å². The topological polar surface area (TPSA) is 80.2 Å². The molecule has 0 spiro atoms. The number of pyridine rings is 1. The Morgan fingerprint density at radius 3 is 2.34 bits per heavy atom. The SMILES string of the molecule is Cc1ccc(C)c2sc(N(Cc3ccccn3)C(=O)Cc3ccc(S(C)(=O)=O)cc3)nc12. The van der Waals surface area contributed by atoms with E-state index in [9.17, 15) is 13.2 Å². The third kappa shape index (κ3) is 4.71. The number of thiazole rings is 1. The van der Waals surface area contributed by atoms with Crippen molar-refractivity contribution in [2.45, 2.75) is 31.7 Å². The highest BCUT2D eigenvalue weighted by atomic mass is 32.2. The predicted octanol–water partition coefficient (Wildman–Crippen LogP) is 4.49. The molecule has 0 aliphatic carbocycles. The molecule has 8 heteroatoms. The van der Waals surface area contributed by atoms with Crippen molar-refractivity contribution in [1.82, 2.24) is 9.97 Å². The summed E-state index contributed by atoms with van der Waals surface area (Å²) in [7, 11) is -3.28. The molecule has 0 saturated heterocycles. The molecule has 0 saturated carbocycles. The highest BCUT2D eigenvalue weighted by Crippen LogP contribution is 2.34. The van der Waals surface area contributed by atoms with Crippen LogP contribution in [-0.2, 0) is 27.6 Å². The van der Waals surface area contributed by atoms with Crippen molar-refractivity contribution < 1.29 is 13.2 Å². The summed E-state index contributed by atoms with van der Waals surface area (Å²) in [6, 6.07) is 16.1. The zero-order valence-corrected chi connectivity index (χ0v) is 19.7. The molecule has 0 atom stereocenters. The quantitative estimate of drug-likeness (QED) is 0.419. The van der Waals surface area contributed by atoms with Crippen LogP contribution in [0.15, 0.2) is 65.7 Å². The van der Waals surface area contributed by atoms with E-state index in [1.165, 1.54) is 29.7 Å². The summed E-state index contributed by atoms with van der Waals surface area (Å²) in [5.74, 6) is -0.128. The lowest BCUT2D eigenvalue weighted by Crippen LogP contribution is -2.32. The predicted molar refractivity (Wildman–Crippen MR) is 128 cm³/mol. The fourth-order valence-electron chi connectivity index (χ4n) is 3.40. The second kappa shape index (κ2) is 8.80. The standard InChI is InChI=1S/C24H23N3O3S2/c1-16-7-8-17(2)23-22(16)26-24(31-23)27(15-19-6-4-5-13-25-19)21(28)14-18-9-11-20(12-10-18)32(3,29)30/h4-13H,14-15H2,1-3H3. The van der Waals surface area contributed by atoms with E-state index in [-0.39, 0.29) is 17.2 Å². The van der Waals surface area contributed by atoms with E-state index >= 15 is 0 Å². The molecule has 1 amide bonds. The van der Waals surface area contributed by atoms with Gasteiger partial charge in [-0.15, -0.1) is 0 Å². The molecule has 0 aliphatic rings. The highest BCUT2D eigenvalue weighted by molar-refractivity contribution is 7.90. The minimum Gasteiger partial charge on any atom is -0.282 e. The van der Waals surface area contributed by atoms with Gasteiger partial charge in [0.15, 0.2) is 15.0 Å². The van der Waals surface area contributed by atoms with Crippen molar-refractivity contribution in [3.8, 4) is 0 Å². The molecule has 4 rings (SSSR count). The summed E-state index contributed by atoms with van der Waals surface area (Å²) < 4.78 is 24.5. The summed E-state index contributed by atoms with van der Waals surface area (Å²) >= 11 is 1.50. The maximum atomic E-state index is 13.4. The summed E-state index contributed by atoms with van der Waals surface area (Å²) in [4.78, 5) is 24.5. The number of carbonyl (C=O) groups excluding carboxylic acids is 1. The second-order valence-corrected chi connectivity index (χ2v) is 10.8. The molecule has 2 aromatic heterocycles. The van der Waals surface area contributed by atoms with Crippen LogP contribution >= 0.6 is 11.3 Å². The van der Waals surface area contributed by atoms with E-state index in [1.54, 1.807) is 23.2 Å². The summed E-state index contributed by atoms with van der Waals surface area (Å²) in [5.41, 5.74) is 4.59. The Morgan fingerprint density at radius 1 is 1.00 bits per heavy atom. The number of aromatic nitrogens is 2. The van der Waals surface area contributed by atoms with E-state index in [1.807, 2.05) is 38.1 Å². The van der Waals surface area contributed by atoms with Gasteiger partial charge in [-0.05, 0) is 54.8 Å². The molecule has 0 fully saturated rings. The molecule has 32 heavy (non-hydrogen) atoms. The van der Waals surface area contributed by atoms with Crippen molar-refractivity contribution in [2.24, 2.45) is 0 Å². The number of amides is 1.